The molecule has 0 aromatic carbocycles. The van der Waals surface area contributed by atoms with Crippen molar-refractivity contribution < 1.29 is 24.1 Å². The van der Waals surface area contributed by atoms with Gasteiger partial charge in [0, 0.05) is 5.92 Å². The molecule has 1 aromatic rings. The van der Waals surface area contributed by atoms with Gasteiger partial charge >= 0.3 is 12.0 Å². The molecule has 1 aliphatic rings. The first-order valence-corrected chi connectivity index (χ1v) is 7.00. The summed E-state index contributed by atoms with van der Waals surface area (Å²) in [6, 6.07) is 1.47. The van der Waals surface area contributed by atoms with Crippen LogP contribution in [0.2, 0.25) is 0 Å². The molecule has 1 saturated carbocycles. The predicted octanol–water partition coefficient (Wildman–Crippen LogP) is 1.91. The first kappa shape index (κ1) is 15.3. The maximum atomic E-state index is 11.5. The maximum Gasteiger partial charge on any atom is 0.345 e. The molecule has 1 heterocycles. The second-order valence-corrected chi connectivity index (χ2v) is 5.01. The Morgan fingerprint density at radius 1 is 1.19 bits per heavy atom. The van der Waals surface area contributed by atoms with Gasteiger partial charge in [-0.3, -0.25) is 0 Å². The Bertz CT molecular complexity index is 466. The summed E-state index contributed by atoms with van der Waals surface area (Å²) in [6.45, 7) is 0. The fraction of sp³-hybridized carbons (Fsp3) is 0.643. The molecule has 0 bridgehead atoms. The number of hydrogen-bond donors (Lipinski definition) is 1. The Labute approximate surface area is 123 Å². The molecule has 1 atom stereocenters. The highest BCUT2D eigenvalue weighted by Gasteiger charge is 2.32. The average Bonchev–Trinajstić information content (AvgIpc) is 2.52. The topological polar surface area (TPSA) is 90.8 Å². The highest BCUT2D eigenvalue weighted by Crippen LogP contribution is 2.29. The molecule has 1 aliphatic carbocycles. The van der Waals surface area contributed by atoms with E-state index < -0.39 is 12.1 Å². The number of carboxylic acid groups (broad SMARTS) is 1. The van der Waals surface area contributed by atoms with Crippen molar-refractivity contribution in [3.63, 3.8) is 0 Å². The van der Waals surface area contributed by atoms with E-state index in [4.69, 9.17) is 14.2 Å². The van der Waals surface area contributed by atoms with E-state index in [9.17, 15) is 9.90 Å². The zero-order valence-electron chi connectivity index (χ0n) is 12.2. The zero-order valence-corrected chi connectivity index (χ0v) is 12.2. The number of ether oxygens (including phenoxy) is 3. The van der Waals surface area contributed by atoms with Crippen molar-refractivity contribution in [2.24, 2.45) is 5.92 Å². The lowest BCUT2D eigenvalue weighted by molar-refractivity contribution is -0.148. The Hall–Kier alpha value is -2.05. The molecule has 0 amide bonds. The normalized spacial score (nSPS) is 17.0. The third kappa shape index (κ3) is 3.96. The Morgan fingerprint density at radius 3 is 2.24 bits per heavy atom. The SMILES string of the molecule is COc1cc(OC)nc(OC(C(=O)O)C2CCCCC2)n1. The lowest BCUT2D eigenvalue weighted by Crippen LogP contribution is -2.36. The molecule has 0 aliphatic heterocycles. The molecule has 116 valence electrons. The van der Waals surface area contributed by atoms with Crippen LogP contribution in [0, 0.1) is 5.92 Å². The number of carboxylic acids is 1. The minimum atomic E-state index is -0.993. The molecule has 7 heteroatoms. The van der Waals surface area contributed by atoms with Gasteiger partial charge in [0.2, 0.25) is 17.9 Å². The van der Waals surface area contributed by atoms with Crippen LogP contribution in [0.15, 0.2) is 6.07 Å². The Balaban J connectivity index is 2.17. The van der Waals surface area contributed by atoms with Crippen molar-refractivity contribution in [3.05, 3.63) is 6.07 Å². The highest BCUT2D eigenvalue weighted by atomic mass is 16.5. The van der Waals surface area contributed by atoms with Gasteiger partial charge in [0.05, 0.1) is 20.3 Å². The van der Waals surface area contributed by atoms with Crippen molar-refractivity contribution in [1.82, 2.24) is 9.97 Å². The molecule has 0 radical (unpaired) electrons. The first-order chi connectivity index (χ1) is 10.1. The van der Waals surface area contributed by atoms with Crippen LogP contribution in [0.4, 0.5) is 0 Å². The van der Waals surface area contributed by atoms with E-state index in [-0.39, 0.29) is 23.7 Å². The summed E-state index contributed by atoms with van der Waals surface area (Å²) in [5.74, 6) is -0.474. The van der Waals surface area contributed by atoms with E-state index in [0.29, 0.717) is 0 Å². The van der Waals surface area contributed by atoms with Gasteiger partial charge in [-0.25, -0.2) is 4.79 Å². The van der Waals surface area contributed by atoms with Gasteiger partial charge in [0.25, 0.3) is 0 Å². The molecular formula is C14H20N2O5. The molecule has 1 fully saturated rings. The van der Waals surface area contributed by atoms with Crippen molar-refractivity contribution in [2.45, 2.75) is 38.2 Å². The molecule has 2 rings (SSSR count). The summed E-state index contributed by atoms with van der Waals surface area (Å²) in [4.78, 5) is 19.5. The van der Waals surface area contributed by atoms with Gasteiger partial charge in [0.15, 0.2) is 0 Å². The van der Waals surface area contributed by atoms with Gasteiger partial charge in [-0.05, 0) is 12.8 Å². The van der Waals surface area contributed by atoms with Crippen LogP contribution < -0.4 is 14.2 Å². The fourth-order valence-corrected chi connectivity index (χ4v) is 2.54. The maximum absolute atomic E-state index is 11.5. The standard InChI is InChI=1S/C14H20N2O5/c1-19-10-8-11(20-2)16-14(15-10)21-12(13(17)18)9-6-4-3-5-7-9/h8-9,12H,3-7H2,1-2H3,(H,17,18). The summed E-state index contributed by atoms with van der Waals surface area (Å²) in [5, 5.41) is 9.40. The van der Waals surface area contributed by atoms with Crippen molar-refractivity contribution >= 4 is 5.97 Å². The highest BCUT2D eigenvalue weighted by molar-refractivity contribution is 5.73. The smallest absolute Gasteiger partial charge is 0.345 e. The number of rotatable bonds is 6. The molecule has 7 nitrogen and oxygen atoms in total. The minimum absolute atomic E-state index is 0.0166. The van der Waals surface area contributed by atoms with Crippen molar-refractivity contribution in [2.75, 3.05) is 14.2 Å². The van der Waals surface area contributed by atoms with E-state index in [1.54, 1.807) is 0 Å². The van der Waals surface area contributed by atoms with Crippen LogP contribution in [-0.4, -0.2) is 41.4 Å². The fourth-order valence-electron chi connectivity index (χ4n) is 2.54. The van der Waals surface area contributed by atoms with E-state index in [1.165, 1.54) is 20.3 Å². The number of carbonyl (C=O) groups is 1. The lowest BCUT2D eigenvalue weighted by Gasteiger charge is -2.27. The van der Waals surface area contributed by atoms with Crippen LogP contribution in [-0.2, 0) is 4.79 Å². The minimum Gasteiger partial charge on any atom is -0.481 e. The van der Waals surface area contributed by atoms with E-state index in [1.807, 2.05) is 0 Å². The molecule has 0 saturated heterocycles. The van der Waals surface area contributed by atoms with Crippen molar-refractivity contribution in [1.29, 1.82) is 0 Å². The summed E-state index contributed by atoms with van der Waals surface area (Å²) in [5.41, 5.74) is 0. The van der Waals surface area contributed by atoms with Crippen LogP contribution in [0.1, 0.15) is 32.1 Å². The van der Waals surface area contributed by atoms with Gasteiger partial charge in [-0.2, -0.15) is 9.97 Å². The van der Waals surface area contributed by atoms with E-state index in [2.05, 4.69) is 9.97 Å². The van der Waals surface area contributed by atoms with Crippen LogP contribution in [0.3, 0.4) is 0 Å². The third-order valence-electron chi connectivity index (χ3n) is 3.63. The summed E-state index contributed by atoms with van der Waals surface area (Å²) >= 11 is 0. The summed E-state index contributed by atoms with van der Waals surface area (Å²) in [7, 11) is 2.92. The first-order valence-electron chi connectivity index (χ1n) is 7.00. The predicted molar refractivity (Wildman–Crippen MR) is 73.8 cm³/mol. The summed E-state index contributed by atoms with van der Waals surface area (Å²) in [6.07, 6.45) is 3.95. The number of methoxy groups -OCH3 is 2. The molecule has 1 aromatic heterocycles. The third-order valence-corrected chi connectivity index (χ3v) is 3.63. The second-order valence-electron chi connectivity index (χ2n) is 5.01. The second kappa shape index (κ2) is 7.10. The average molecular weight is 296 g/mol. The van der Waals surface area contributed by atoms with Crippen LogP contribution in [0.25, 0.3) is 0 Å². The number of nitrogens with zero attached hydrogens (tertiary/aromatic N) is 2. The molecule has 0 spiro atoms. The van der Waals surface area contributed by atoms with Gasteiger partial charge < -0.3 is 19.3 Å². The van der Waals surface area contributed by atoms with E-state index in [0.717, 1.165) is 32.1 Å². The number of aromatic nitrogens is 2. The Kier molecular flexibility index (Phi) is 5.19. The number of hydrogen-bond acceptors (Lipinski definition) is 6. The lowest BCUT2D eigenvalue weighted by atomic mass is 9.85. The number of aliphatic carboxylic acids is 1. The van der Waals surface area contributed by atoms with Gasteiger partial charge in [-0.15, -0.1) is 0 Å². The van der Waals surface area contributed by atoms with Crippen molar-refractivity contribution in [3.8, 4) is 17.8 Å². The van der Waals surface area contributed by atoms with Crippen LogP contribution in [0.5, 0.6) is 17.8 Å². The van der Waals surface area contributed by atoms with Gasteiger partial charge in [-0.1, -0.05) is 19.3 Å². The van der Waals surface area contributed by atoms with E-state index >= 15 is 0 Å². The van der Waals surface area contributed by atoms with Gasteiger partial charge in [0.1, 0.15) is 0 Å². The monoisotopic (exact) mass is 296 g/mol. The summed E-state index contributed by atoms with van der Waals surface area (Å²) < 4.78 is 15.6. The van der Waals surface area contributed by atoms with Crippen LogP contribution >= 0.6 is 0 Å². The quantitative estimate of drug-likeness (QED) is 0.857. The Morgan fingerprint density at radius 2 is 1.76 bits per heavy atom. The molecule has 1 N–H and O–H groups in total. The largest absolute Gasteiger partial charge is 0.481 e. The molecular weight excluding hydrogens is 276 g/mol. The zero-order chi connectivity index (χ0) is 15.2. The molecule has 21 heavy (non-hydrogen) atoms. The molecule has 1 unspecified atom stereocenters.